The molecule has 0 radical (unpaired) electrons. The average Bonchev–Trinajstić information content (AvgIpc) is 3.43. The number of carbonyl (C=O) groups is 2. The number of aromatic nitrogens is 4. The molecule has 12 heteroatoms. The van der Waals surface area contributed by atoms with E-state index in [0.717, 1.165) is 0 Å². The fraction of sp³-hybridized carbons (Fsp3) is 0.261. The van der Waals surface area contributed by atoms with Crippen molar-refractivity contribution in [1.82, 2.24) is 19.8 Å². The van der Waals surface area contributed by atoms with Gasteiger partial charge in [-0.15, -0.1) is 0 Å². The number of hydrogen-bond acceptors (Lipinski definition) is 6. The molecule has 0 aliphatic rings. The minimum Gasteiger partial charge on any atom is -0.359 e. The highest BCUT2D eigenvalue weighted by Crippen LogP contribution is 2.24. The predicted octanol–water partition coefficient (Wildman–Crippen LogP) is 4.83. The Kier molecular flexibility index (Phi) is 7.80. The Bertz CT molecular complexity index is 1360. The lowest BCUT2D eigenvalue weighted by Crippen LogP contribution is -2.16. The Morgan fingerprint density at radius 2 is 1.86 bits per heavy atom. The van der Waals surface area contributed by atoms with Gasteiger partial charge in [0.2, 0.25) is 5.91 Å². The Hall–Kier alpha value is -3.86. The molecular formula is C23H23ClF2N6O3. The lowest BCUT2D eigenvalue weighted by molar-refractivity contribution is -0.115. The van der Waals surface area contributed by atoms with E-state index < -0.39 is 11.7 Å². The summed E-state index contributed by atoms with van der Waals surface area (Å²) < 4.78 is 30.7. The number of imidazole rings is 1. The quantitative estimate of drug-likeness (QED) is 0.402. The zero-order valence-corrected chi connectivity index (χ0v) is 20.2. The van der Waals surface area contributed by atoms with Crippen molar-refractivity contribution in [3.05, 3.63) is 70.6 Å². The molecule has 3 heterocycles. The van der Waals surface area contributed by atoms with Gasteiger partial charge < -0.3 is 15.2 Å². The molecule has 0 aliphatic carbocycles. The van der Waals surface area contributed by atoms with Crippen LogP contribution in [0.2, 0.25) is 5.15 Å². The number of anilines is 2. The standard InChI is InChI=1S/C22H20ClFN6O3.CH3F/c1-22(2,3)16-10-18(29-33-16)27-20(31)9-12-4-5-14(13(24)8-12)26-21(32)15-11-30-19(25-15)7-6-17(23)28-30;1-2/h4-8,10-11H,9H2,1-3H3,(H,26,32)(H,27,29,31);1H3. The molecule has 0 unspecified atom stereocenters. The number of benzene rings is 1. The molecule has 2 amide bonds. The maximum atomic E-state index is 14.6. The summed E-state index contributed by atoms with van der Waals surface area (Å²) in [5.74, 6) is -0.751. The lowest BCUT2D eigenvalue weighted by atomic mass is 9.93. The van der Waals surface area contributed by atoms with Crippen molar-refractivity contribution >= 4 is 40.6 Å². The Morgan fingerprint density at radius 3 is 2.51 bits per heavy atom. The maximum absolute atomic E-state index is 14.6. The largest absolute Gasteiger partial charge is 0.359 e. The van der Waals surface area contributed by atoms with Crippen LogP contribution in [0.25, 0.3) is 5.65 Å². The molecule has 0 saturated carbocycles. The molecule has 35 heavy (non-hydrogen) atoms. The van der Waals surface area contributed by atoms with Crippen LogP contribution in [-0.4, -0.2) is 38.7 Å². The van der Waals surface area contributed by atoms with Crippen LogP contribution in [0, 0.1) is 5.82 Å². The number of fused-ring (bicyclic) bond motifs is 1. The van der Waals surface area contributed by atoms with Crippen molar-refractivity contribution in [2.24, 2.45) is 0 Å². The highest BCUT2D eigenvalue weighted by molar-refractivity contribution is 6.29. The van der Waals surface area contributed by atoms with Gasteiger partial charge in [-0.2, -0.15) is 5.10 Å². The number of amides is 2. The van der Waals surface area contributed by atoms with E-state index in [0.29, 0.717) is 24.1 Å². The summed E-state index contributed by atoms with van der Waals surface area (Å²) in [5, 5.41) is 13.2. The van der Waals surface area contributed by atoms with Crippen molar-refractivity contribution < 1.29 is 22.9 Å². The molecule has 2 N–H and O–H groups in total. The second-order valence-corrected chi connectivity index (χ2v) is 8.79. The first-order chi connectivity index (χ1) is 16.6. The zero-order chi connectivity index (χ0) is 25.8. The molecule has 0 saturated heterocycles. The van der Waals surface area contributed by atoms with Crippen LogP contribution in [0.4, 0.5) is 20.3 Å². The summed E-state index contributed by atoms with van der Waals surface area (Å²) in [6.45, 7) is 5.89. The van der Waals surface area contributed by atoms with Crippen molar-refractivity contribution in [2.45, 2.75) is 32.6 Å². The van der Waals surface area contributed by atoms with Gasteiger partial charge in [0.05, 0.1) is 25.5 Å². The Morgan fingerprint density at radius 1 is 1.11 bits per heavy atom. The van der Waals surface area contributed by atoms with Gasteiger partial charge in [0.15, 0.2) is 11.5 Å². The first-order valence-electron chi connectivity index (χ1n) is 10.3. The van der Waals surface area contributed by atoms with Crippen LogP contribution in [0.1, 0.15) is 42.6 Å². The molecular weight excluding hydrogens is 482 g/mol. The normalized spacial score (nSPS) is 11.1. The molecule has 0 bridgehead atoms. The minimum absolute atomic E-state index is 0.0430. The third kappa shape index (κ3) is 6.38. The fourth-order valence-electron chi connectivity index (χ4n) is 2.98. The van der Waals surface area contributed by atoms with Crippen LogP contribution in [-0.2, 0) is 16.6 Å². The summed E-state index contributed by atoms with van der Waals surface area (Å²) in [7, 11) is 0.500. The van der Waals surface area contributed by atoms with Crippen LogP contribution >= 0.6 is 11.6 Å². The monoisotopic (exact) mass is 504 g/mol. The Balaban J connectivity index is 0.00000167. The number of rotatable bonds is 5. The molecule has 0 atom stereocenters. The van der Waals surface area contributed by atoms with E-state index in [4.69, 9.17) is 16.1 Å². The number of halogens is 3. The van der Waals surface area contributed by atoms with Gasteiger partial charge in [-0.25, -0.2) is 13.9 Å². The summed E-state index contributed by atoms with van der Waals surface area (Å²) in [4.78, 5) is 28.9. The number of carbonyl (C=O) groups excluding carboxylic acids is 2. The second kappa shape index (κ2) is 10.6. The first kappa shape index (κ1) is 25.8. The van der Waals surface area contributed by atoms with Gasteiger partial charge in [0.25, 0.3) is 5.91 Å². The van der Waals surface area contributed by atoms with Crippen LogP contribution in [0.3, 0.4) is 0 Å². The highest BCUT2D eigenvalue weighted by atomic mass is 35.5. The summed E-state index contributed by atoms with van der Waals surface area (Å²) in [6.07, 6.45) is 1.31. The third-order valence-corrected chi connectivity index (χ3v) is 4.88. The third-order valence-electron chi connectivity index (χ3n) is 4.68. The maximum Gasteiger partial charge on any atom is 0.276 e. The summed E-state index contributed by atoms with van der Waals surface area (Å²) in [6, 6.07) is 8.92. The van der Waals surface area contributed by atoms with E-state index in [9.17, 15) is 18.4 Å². The SMILES string of the molecule is CC(C)(C)c1cc(NC(=O)Cc2ccc(NC(=O)c3cn4nc(Cl)ccc4n3)c(F)c2)no1.CF. The average molecular weight is 505 g/mol. The van der Waals surface area contributed by atoms with Crippen LogP contribution < -0.4 is 10.6 Å². The van der Waals surface area contributed by atoms with Gasteiger partial charge in [0, 0.05) is 11.5 Å². The van der Waals surface area contributed by atoms with Crippen LogP contribution in [0.15, 0.2) is 47.1 Å². The minimum atomic E-state index is -0.685. The summed E-state index contributed by atoms with van der Waals surface area (Å²) >= 11 is 5.83. The first-order valence-corrected chi connectivity index (χ1v) is 10.7. The van der Waals surface area contributed by atoms with Crippen LogP contribution in [0.5, 0.6) is 0 Å². The fourth-order valence-corrected chi connectivity index (χ4v) is 3.13. The molecule has 1 aromatic carbocycles. The molecule has 184 valence electrons. The van der Waals surface area contributed by atoms with Gasteiger partial charge in [0.1, 0.15) is 22.4 Å². The van der Waals surface area contributed by atoms with Crippen molar-refractivity contribution in [1.29, 1.82) is 0 Å². The molecule has 9 nitrogen and oxygen atoms in total. The van der Waals surface area contributed by atoms with E-state index in [2.05, 4.69) is 25.9 Å². The predicted molar refractivity (Wildman–Crippen MR) is 127 cm³/mol. The molecule has 0 spiro atoms. The smallest absolute Gasteiger partial charge is 0.276 e. The molecule has 0 aliphatic heterocycles. The highest BCUT2D eigenvalue weighted by Gasteiger charge is 2.20. The van der Waals surface area contributed by atoms with Gasteiger partial charge in [-0.1, -0.05) is 43.6 Å². The van der Waals surface area contributed by atoms with Crippen molar-refractivity contribution in [3.63, 3.8) is 0 Å². The number of alkyl halides is 1. The molecule has 3 aromatic heterocycles. The molecule has 0 fully saturated rings. The van der Waals surface area contributed by atoms with Crippen molar-refractivity contribution in [2.75, 3.05) is 17.8 Å². The number of nitrogens with zero attached hydrogens (tertiary/aromatic N) is 4. The van der Waals surface area contributed by atoms with Crippen molar-refractivity contribution in [3.8, 4) is 0 Å². The lowest BCUT2D eigenvalue weighted by Gasteiger charge is -2.12. The number of hydrogen-bond donors (Lipinski definition) is 2. The number of nitrogens with one attached hydrogen (secondary N) is 2. The van der Waals surface area contributed by atoms with Gasteiger partial charge in [-0.05, 0) is 29.8 Å². The zero-order valence-electron chi connectivity index (χ0n) is 19.4. The van der Waals surface area contributed by atoms with Gasteiger partial charge >= 0.3 is 0 Å². The molecule has 4 aromatic rings. The van der Waals surface area contributed by atoms with Gasteiger partial charge in [-0.3, -0.25) is 14.0 Å². The van der Waals surface area contributed by atoms with E-state index >= 15 is 0 Å². The Labute approximate surface area is 204 Å². The van der Waals surface area contributed by atoms with E-state index in [1.165, 1.54) is 22.8 Å². The summed E-state index contributed by atoms with van der Waals surface area (Å²) in [5.41, 5.74) is 0.613. The van der Waals surface area contributed by atoms with E-state index in [-0.39, 0.29) is 40.1 Å². The van der Waals surface area contributed by atoms with E-state index in [1.807, 2.05) is 20.8 Å². The second-order valence-electron chi connectivity index (χ2n) is 8.40. The molecule has 4 rings (SSSR count). The topological polar surface area (TPSA) is 114 Å². The van der Waals surface area contributed by atoms with E-state index in [1.54, 1.807) is 24.3 Å².